The number of hydrogen-bond donors (Lipinski definition) is 0. The molecule has 1 heterocycles. The van der Waals surface area contributed by atoms with E-state index in [4.69, 9.17) is 9.47 Å². The smallest absolute Gasteiger partial charge is 0.417 e. The van der Waals surface area contributed by atoms with E-state index >= 15 is 0 Å². The largest absolute Gasteiger partial charge is 0.467 e. The molecule has 0 N–H and O–H groups in total. The van der Waals surface area contributed by atoms with Gasteiger partial charge in [-0.1, -0.05) is 11.6 Å². The van der Waals surface area contributed by atoms with Gasteiger partial charge in [0.2, 0.25) is 5.91 Å². The van der Waals surface area contributed by atoms with Crippen LogP contribution >= 0.6 is 0 Å². The number of hydrogen-bond acceptors (Lipinski definition) is 5. The molecule has 0 aromatic rings. The first-order valence-corrected chi connectivity index (χ1v) is 8.04. The van der Waals surface area contributed by atoms with Gasteiger partial charge >= 0.3 is 12.1 Å². The van der Waals surface area contributed by atoms with Gasteiger partial charge in [0.05, 0.1) is 7.11 Å². The summed E-state index contributed by atoms with van der Waals surface area (Å²) >= 11 is 0. The first kappa shape index (κ1) is 17.5. The number of rotatable bonds is 3. The van der Waals surface area contributed by atoms with E-state index in [1.54, 1.807) is 20.8 Å². The zero-order valence-electron chi connectivity index (χ0n) is 14.3. The van der Waals surface area contributed by atoms with Crippen LogP contribution in [-0.4, -0.2) is 41.6 Å². The fourth-order valence-corrected chi connectivity index (χ4v) is 3.10. The molecule has 128 valence electrons. The number of carbonyl (C=O) groups is 3. The summed E-state index contributed by atoms with van der Waals surface area (Å²) in [7, 11) is 1.26. The molecule has 2 rings (SSSR count). The Hall–Kier alpha value is -1.85. The molecule has 0 aromatic carbocycles. The predicted molar refractivity (Wildman–Crippen MR) is 83.5 cm³/mol. The summed E-state index contributed by atoms with van der Waals surface area (Å²) in [6, 6.07) is -0.894. The summed E-state index contributed by atoms with van der Waals surface area (Å²) in [6.07, 6.45) is 5.39. The second-order valence-electron chi connectivity index (χ2n) is 7.12. The molecule has 2 atom stereocenters. The lowest BCUT2D eigenvalue weighted by Gasteiger charge is -2.26. The zero-order valence-corrected chi connectivity index (χ0v) is 14.3. The van der Waals surface area contributed by atoms with Crippen LogP contribution in [0.2, 0.25) is 0 Å². The van der Waals surface area contributed by atoms with Crippen LogP contribution in [0.4, 0.5) is 4.79 Å². The monoisotopic (exact) mass is 323 g/mol. The molecule has 6 heteroatoms. The molecule has 6 nitrogen and oxygen atoms in total. The molecule has 2 aliphatic rings. The second kappa shape index (κ2) is 6.72. The Kier molecular flexibility index (Phi) is 5.12. The Bertz CT molecular complexity index is 532. The standard InChI is InChI=1S/C17H25NO5/c1-17(2,3)23-16(21)18-13(15(20)22-4)10-12(14(18)19)9-11-7-5-6-8-11/h7,12-13H,5-6,8-10H2,1-4H3/t12?,13-/m0/s1. The van der Waals surface area contributed by atoms with Gasteiger partial charge in [-0.3, -0.25) is 4.79 Å². The lowest BCUT2D eigenvalue weighted by Crippen LogP contribution is -2.46. The summed E-state index contributed by atoms with van der Waals surface area (Å²) in [4.78, 5) is 37.9. The van der Waals surface area contributed by atoms with Crippen molar-refractivity contribution in [2.24, 2.45) is 5.92 Å². The zero-order chi connectivity index (χ0) is 17.2. The van der Waals surface area contributed by atoms with Gasteiger partial charge in [0.25, 0.3) is 0 Å². The van der Waals surface area contributed by atoms with Crippen LogP contribution < -0.4 is 0 Å². The third-order valence-corrected chi connectivity index (χ3v) is 4.11. The van der Waals surface area contributed by atoms with Crippen LogP contribution in [0.3, 0.4) is 0 Å². The number of likely N-dealkylation sites (tertiary alicyclic amines) is 1. The van der Waals surface area contributed by atoms with Crippen molar-refractivity contribution < 1.29 is 23.9 Å². The number of allylic oxidation sites excluding steroid dienone is 2. The highest BCUT2D eigenvalue weighted by Gasteiger charge is 2.48. The van der Waals surface area contributed by atoms with Crippen LogP contribution in [-0.2, 0) is 19.1 Å². The van der Waals surface area contributed by atoms with Gasteiger partial charge in [-0.2, -0.15) is 0 Å². The Morgan fingerprint density at radius 3 is 2.57 bits per heavy atom. The molecule has 2 amide bonds. The lowest BCUT2D eigenvalue weighted by atomic mass is 9.96. The fraction of sp³-hybridized carbons (Fsp3) is 0.706. The van der Waals surface area contributed by atoms with Crippen LogP contribution in [0.1, 0.15) is 52.9 Å². The van der Waals surface area contributed by atoms with Crippen molar-refractivity contribution in [2.75, 3.05) is 7.11 Å². The third-order valence-electron chi connectivity index (χ3n) is 4.11. The van der Waals surface area contributed by atoms with E-state index in [2.05, 4.69) is 6.08 Å². The van der Waals surface area contributed by atoms with Gasteiger partial charge in [-0.15, -0.1) is 0 Å². The minimum Gasteiger partial charge on any atom is -0.467 e. The molecule has 0 bridgehead atoms. The molecular weight excluding hydrogens is 298 g/mol. The first-order chi connectivity index (χ1) is 10.7. The Labute approximate surface area is 136 Å². The molecule has 23 heavy (non-hydrogen) atoms. The average Bonchev–Trinajstić information content (AvgIpc) is 3.05. The predicted octanol–water partition coefficient (Wildman–Crippen LogP) is 2.81. The number of imide groups is 1. The molecule has 1 aliphatic heterocycles. The maximum absolute atomic E-state index is 12.6. The number of esters is 1. The average molecular weight is 323 g/mol. The molecule has 0 aromatic heterocycles. The molecule has 0 radical (unpaired) electrons. The maximum atomic E-state index is 12.6. The second-order valence-corrected chi connectivity index (χ2v) is 7.12. The minimum absolute atomic E-state index is 0.294. The van der Waals surface area contributed by atoms with Crippen molar-refractivity contribution >= 4 is 18.0 Å². The van der Waals surface area contributed by atoms with Gasteiger partial charge in [-0.05, 0) is 52.9 Å². The minimum atomic E-state index is -0.894. The van der Waals surface area contributed by atoms with Gasteiger partial charge < -0.3 is 9.47 Å². The van der Waals surface area contributed by atoms with E-state index in [0.717, 1.165) is 24.2 Å². The van der Waals surface area contributed by atoms with Crippen molar-refractivity contribution in [2.45, 2.75) is 64.5 Å². The molecule has 1 aliphatic carbocycles. The van der Waals surface area contributed by atoms with Crippen molar-refractivity contribution in [1.82, 2.24) is 4.90 Å². The Morgan fingerprint density at radius 1 is 1.35 bits per heavy atom. The fourth-order valence-electron chi connectivity index (χ4n) is 3.10. The molecule has 0 spiro atoms. The first-order valence-electron chi connectivity index (χ1n) is 8.04. The summed E-state index contributed by atoms with van der Waals surface area (Å²) in [5, 5.41) is 0. The van der Waals surface area contributed by atoms with Gasteiger partial charge in [0, 0.05) is 5.92 Å². The van der Waals surface area contributed by atoms with E-state index in [-0.39, 0.29) is 11.8 Å². The SMILES string of the molecule is COC(=O)[C@@H]1CC(CC2=CCCC2)C(=O)N1C(=O)OC(C)(C)C. The summed E-state index contributed by atoms with van der Waals surface area (Å²) in [5.74, 6) is -1.29. The highest BCUT2D eigenvalue weighted by Crippen LogP contribution is 2.34. The third kappa shape index (κ3) is 4.12. The van der Waals surface area contributed by atoms with Crippen molar-refractivity contribution in [3.05, 3.63) is 11.6 Å². The van der Waals surface area contributed by atoms with Gasteiger partial charge in [-0.25, -0.2) is 14.5 Å². The van der Waals surface area contributed by atoms with Crippen molar-refractivity contribution in [3.8, 4) is 0 Å². The van der Waals surface area contributed by atoms with Gasteiger partial charge in [0.15, 0.2) is 0 Å². The molecule has 1 fully saturated rings. The van der Waals surface area contributed by atoms with Crippen molar-refractivity contribution in [3.63, 3.8) is 0 Å². The van der Waals surface area contributed by atoms with E-state index in [0.29, 0.717) is 12.8 Å². The molecule has 1 unspecified atom stereocenters. The van der Waals surface area contributed by atoms with Crippen LogP contribution in [0.25, 0.3) is 0 Å². The van der Waals surface area contributed by atoms with E-state index in [1.165, 1.54) is 12.7 Å². The number of carbonyl (C=O) groups excluding carboxylic acids is 3. The highest BCUT2D eigenvalue weighted by atomic mass is 16.6. The van der Waals surface area contributed by atoms with Crippen LogP contribution in [0.5, 0.6) is 0 Å². The quantitative estimate of drug-likeness (QED) is 0.590. The number of nitrogens with zero attached hydrogens (tertiary/aromatic N) is 1. The van der Waals surface area contributed by atoms with E-state index < -0.39 is 23.7 Å². The number of ether oxygens (including phenoxy) is 2. The Balaban J connectivity index is 2.16. The van der Waals surface area contributed by atoms with E-state index in [9.17, 15) is 14.4 Å². The normalized spacial score (nSPS) is 24.6. The molecule has 1 saturated heterocycles. The Morgan fingerprint density at radius 2 is 2.04 bits per heavy atom. The van der Waals surface area contributed by atoms with Gasteiger partial charge in [0.1, 0.15) is 11.6 Å². The molecular formula is C17H25NO5. The number of methoxy groups -OCH3 is 1. The highest BCUT2D eigenvalue weighted by molar-refractivity contribution is 6.00. The lowest BCUT2D eigenvalue weighted by molar-refractivity contribution is -0.148. The topological polar surface area (TPSA) is 72.9 Å². The van der Waals surface area contributed by atoms with E-state index in [1.807, 2.05) is 0 Å². The summed E-state index contributed by atoms with van der Waals surface area (Å²) in [5.41, 5.74) is 0.502. The van der Waals surface area contributed by atoms with Crippen molar-refractivity contribution in [1.29, 1.82) is 0 Å². The maximum Gasteiger partial charge on any atom is 0.417 e. The summed E-state index contributed by atoms with van der Waals surface area (Å²) < 4.78 is 10.0. The number of amides is 2. The van der Waals surface area contributed by atoms with Crippen LogP contribution in [0, 0.1) is 5.92 Å². The molecule has 0 saturated carbocycles. The summed E-state index contributed by atoms with van der Waals surface area (Å²) in [6.45, 7) is 5.16. The van der Waals surface area contributed by atoms with Crippen LogP contribution in [0.15, 0.2) is 11.6 Å².